The van der Waals surface area contributed by atoms with Crippen LogP contribution in [0.3, 0.4) is 0 Å². The minimum Gasteiger partial charge on any atom is -0.756 e. The fourth-order valence-electron chi connectivity index (χ4n) is 6.10. The monoisotopic (exact) mass is 819 g/mol. The van der Waals surface area contributed by atoms with Gasteiger partial charge in [-0.2, -0.15) is 0 Å². The first kappa shape index (κ1) is 54.9. The lowest BCUT2D eigenvalue weighted by Crippen LogP contribution is -2.46. The molecule has 0 aliphatic rings. The van der Waals surface area contributed by atoms with Crippen LogP contribution in [-0.4, -0.2) is 68.5 Å². The number of nitrogens with zero attached hydrogens (tertiary/aromatic N) is 1. The third kappa shape index (κ3) is 41.9. The number of hydrogen-bond acceptors (Lipinski definition) is 6. The molecular formula is C48H87N2O6P. The maximum absolute atomic E-state index is 12.8. The Labute approximate surface area is 351 Å². The molecule has 0 heterocycles. The largest absolute Gasteiger partial charge is 0.756 e. The number of carbonyl (C=O) groups excluding carboxylic acids is 1. The highest BCUT2D eigenvalue weighted by Gasteiger charge is 2.24. The van der Waals surface area contributed by atoms with Crippen molar-refractivity contribution >= 4 is 13.7 Å². The number of quaternary nitrogens is 1. The fourth-order valence-corrected chi connectivity index (χ4v) is 6.82. The molecule has 0 saturated heterocycles. The number of allylic oxidation sites excluding steroid dienone is 12. The number of unbranched alkanes of at least 4 members (excludes halogenated alkanes) is 15. The molecule has 0 rings (SSSR count). The second kappa shape index (κ2) is 39.4. The van der Waals surface area contributed by atoms with E-state index in [1.165, 1.54) is 64.2 Å². The number of carbonyl (C=O) groups is 1. The van der Waals surface area contributed by atoms with Crippen LogP contribution in [0.25, 0.3) is 0 Å². The van der Waals surface area contributed by atoms with E-state index in [4.69, 9.17) is 9.05 Å². The van der Waals surface area contributed by atoms with Gasteiger partial charge in [-0.05, 0) is 64.2 Å². The van der Waals surface area contributed by atoms with E-state index in [0.717, 1.165) is 83.5 Å². The Bertz CT molecular complexity index is 1160. The lowest BCUT2D eigenvalue weighted by molar-refractivity contribution is -0.870. The molecule has 8 nitrogen and oxygen atoms in total. The van der Waals surface area contributed by atoms with Crippen molar-refractivity contribution in [1.82, 2.24) is 5.32 Å². The van der Waals surface area contributed by atoms with Crippen molar-refractivity contribution in [2.45, 2.75) is 187 Å². The molecule has 2 N–H and O–H groups in total. The van der Waals surface area contributed by atoms with Crippen LogP contribution in [0, 0.1) is 0 Å². The summed E-state index contributed by atoms with van der Waals surface area (Å²) in [5.74, 6) is -0.181. The standard InChI is InChI=1S/C48H87N2O6P/c1-6-8-10-12-14-16-17-18-19-20-21-22-23-24-25-26-27-28-29-30-31-32-33-34-36-38-40-42-48(52)49-46(45-56-57(53,54)55-44-43-50(3,4)5)47(51)41-39-37-35-15-13-11-9-7-2/h8,10,14,16,18-19,21-22,24-25,27-28,46-47,51H,6-7,9,11-13,15,17,20,23,26,29-45H2,1-5H3,(H-,49,52,53,54)/b10-8-,16-14-,19-18-,22-21-,25-24-,28-27-. The van der Waals surface area contributed by atoms with Crippen molar-refractivity contribution in [2.75, 3.05) is 40.9 Å². The Morgan fingerprint density at radius 1 is 0.632 bits per heavy atom. The predicted molar refractivity (Wildman–Crippen MR) is 242 cm³/mol. The first-order chi connectivity index (χ1) is 27.5. The van der Waals surface area contributed by atoms with Crippen LogP contribution in [0.4, 0.5) is 0 Å². The number of phosphoric ester groups is 1. The number of amides is 1. The van der Waals surface area contributed by atoms with Crippen molar-refractivity contribution < 1.29 is 32.9 Å². The van der Waals surface area contributed by atoms with Gasteiger partial charge in [0.25, 0.3) is 7.82 Å². The lowest BCUT2D eigenvalue weighted by atomic mass is 10.0. The van der Waals surface area contributed by atoms with E-state index in [1.807, 2.05) is 21.1 Å². The summed E-state index contributed by atoms with van der Waals surface area (Å²) in [5.41, 5.74) is 0. The molecule has 3 atom stereocenters. The zero-order chi connectivity index (χ0) is 42.1. The Hall–Kier alpha value is -2.06. The second-order valence-corrected chi connectivity index (χ2v) is 17.8. The van der Waals surface area contributed by atoms with E-state index < -0.39 is 20.0 Å². The summed E-state index contributed by atoms with van der Waals surface area (Å²) in [5, 5.41) is 13.8. The van der Waals surface area contributed by atoms with E-state index in [0.29, 0.717) is 23.9 Å². The van der Waals surface area contributed by atoms with Crippen molar-refractivity contribution in [3.05, 3.63) is 72.9 Å². The van der Waals surface area contributed by atoms with Crippen LogP contribution < -0.4 is 10.2 Å². The van der Waals surface area contributed by atoms with E-state index in [1.54, 1.807) is 0 Å². The van der Waals surface area contributed by atoms with Gasteiger partial charge in [0, 0.05) is 6.42 Å². The average molecular weight is 819 g/mol. The highest BCUT2D eigenvalue weighted by Crippen LogP contribution is 2.38. The van der Waals surface area contributed by atoms with Crippen LogP contribution in [0.15, 0.2) is 72.9 Å². The molecular weight excluding hydrogens is 732 g/mol. The van der Waals surface area contributed by atoms with E-state index >= 15 is 0 Å². The van der Waals surface area contributed by atoms with Gasteiger partial charge in [-0.3, -0.25) is 9.36 Å². The number of likely N-dealkylation sites (N-methyl/N-ethyl adjacent to an activating group) is 1. The zero-order valence-corrected chi connectivity index (χ0v) is 38.2. The summed E-state index contributed by atoms with van der Waals surface area (Å²) in [4.78, 5) is 25.2. The van der Waals surface area contributed by atoms with E-state index in [9.17, 15) is 19.4 Å². The summed E-state index contributed by atoms with van der Waals surface area (Å²) in [7, 11) is 1.28. The number of hydrogen-bond donors (Lipinski definition) is 2. The van der Waals surface area contributed by atoms with Gasteiger partial charge in [-0.15, -0.1) is 0 Å². The maximum Gasteiger partial charge on any atom is 0.268 e. The van der Waals surface area contributed by atoms with Crippen LogP contribution in [0.1, 0.15) is 174 Å². The molecule has 0 radical (unpaired) electrons. The minimum atomic E-state index is -4.56. The molecule has 0 aliphatic heterocycles. The van der Waals surface area contributed by atoms with Crippen molar-refractivity contribution in [1.29, 1.82) is 0 Å². The van der Waals surface area contributed by atoms with Gasteiger partial charge >= 0.3 is 0 Å². The molecule has 57 heavy (non-hydrogen) atoms. The van der Waals surface area contributed by atoms with Crippen molar-refractivity contribution in [3.8, 4) is 0 Å². The Balaban J connectivity index is 4.17. The molecule has 0 bridgehead atoms. The lowest BCUT2D eigenvalue weighted by Gasteiger charge is -2.30. The summed E-state index contributed by atoms with van der Waals surface area (Å²) in [6.07, 6.45) is 52.1. The van der Waals surface area contributed by atoms with Crippen LogP contribution >= 0.6 is 7.82 Å². The molecule has 0 aromatic heterocycles. The molecule has 330 valence electrons. The quantitative estimate of drug-likeness (QED) is 0.0276. The molecule has 3 unspecified atom stereocenters. The summed E-state index contributed by atoms with van der Waals surface area (Å²) < 4.78 is 23.2. The van der Waals surface area contributed by atoms with Crippen molar-refractivity contribution in [2.24, 2.45) is 0 Å². The number of aliphatic hydroxyl groups is 1. The van der Waals surface area contributed by atoms with Gasteiger partial charge in [0.15, 0.2) is 0 Å². The first-order valence-electron chi connectivity index (χ1n) is 22.8. The normalized spacial score (nSPS) is 15.0. The van der Waals surface area contributed by atoms with Gasteiger partial charge in [-0.1, -0.05) is 177 Å². The Morgan fingerprint density at radius 2 is 1.07 bits per heavy atom. The molecule has 1 amide bonds. The zero-order valence-electron chi connectivity index (χ0n) is 37.3. The molecule has 0 aliphatic carbocycles. The number of aliphatic hydroxyl groups excluding tert-OH is 1. The predicted octanol–water partition coefficient (Wildman–Crippen LogP) is 12.2. The summed E-state index contributed by atoms with van der Waals surface area (Å²) in [6.45, 7) is 4.54. The second-order valence-electron chi connectivity index (χ2n) is 16.4. The highest BCUT2D eigenvalue weighted by molar-refractivity contribution is 7.45. The fraction of sp³-hybridized carbons (Fsp3) is 0.729. The van der Waals surface area contributed by atoms with Gasteiger partial charge in [0.2, 0.25) is 5.91 Å². The SMILES string of the molecule is CC/C=C\C/C=C\C/C=C\C/C=C\C/C=C\C/C=C\CCCCCCCCCCC(=O)NC(COP(=O)([O-])OCC[N+](C)(C)C)C(O)CCCCCCCCCC. The number of rotatable bonds is 40. The Kier molecular flexibility index (Phi) is 38.0. The third-order valence-electron chi connectivity index (χ3n) is 9.71. The number of phosphoric acid groups is 1. The summed E-state index contributed by atoms with van der Waals surface area (Å²) >= 11 is 0. The van der Waals surface area contributed by atoms with E-state index in [2.05, 4.69) is 92.1 Å². The minimum absolute atomic E-state index is 0.00639. The maximum atomic E-state index is 12.8. The molecule has 0 aromatic carbocycles. The molecule has 0 saturated carbocycles. The highest BCUT2D eigenvalue weighted by atomic mass is 31.2. The smallest absolute Gasteiger partial charge is 0.268 e. The molecule has 9 heteroatoms. The van der Waals surface area contributed by atoms with Crippen LogP contribution in [0.2, 0.25) is 0 Å². The first-order valence-corrected chi connectivity index (χ1v) is 24.2. The molecule has 0 aromatic rings. The van der Waals surface area contributed by atoms with Gasteiger partial charge in [0.1, 0.15) is 13.2 Å². The average Bonchev–Trinajstić information content (AvgIpc) is 3.16. The topological polar surface area (TPSA) is 108 Å². The molecule has 0 fully saturated rings. The molecule has 0 spiro atoms. The third-order valence-corrected chi connectivity index (χ3v) is 10.7. The Morgan fingerprint density at radius 3 is 1.56 bits per heavy atom. The van der Waals surface area contributed by atoms with Crippen molar-refractivity contribution in [3.63, 3.8) is 0 Å². The summed E-state index contributed by atoms with van der Waals surface area (Å²) in [6, 6.07) is -0.806. The van der Waals surface area contributed by atoms with Gasteiger partial charge < -0.3 is 28.8 Å². The van der Waals surface area contributed by atoms with E-state index in [-0.39, 0.29) is 19.1 Å². The van der Waals surface area contributed by atoms with Crippen LogP contribution in [0.5, 0.6) is 0 Å². The van der Waals surface area contributed by atoms with Gasteiger partial charge in [-0.25, -0.2) is 0 Å². The number of nitrogens with one attached hydrogen (secondary N) is 1. The van der Waals surface area contributed by atoms with Crippen LogP contribution in [-0.2, 0) is 18.4 Å². The van der Waals surface area contributed by atoms with Gasteiger partial charge in [0.05, 0.1) is 39.9 Å².